The van der Waals surface area contributed by atoms with E-state index in [9.17, 15) is 14.7 Å². The van der Waals surface area contributed by atoms with E-state index in [0.717, 1.165) is 25.9 Å². The molecular weight excluding hydrogens is 282 g/mol. The van der Waals surface area contributed by atoms with Crippen LogP contribution in [-0.4, -0.2) is 47.7 Å². The minimum absolute atomic E-state index is 0.00134. The fraction of sp³-hybridized carbons (Fsp3) is 0.882. The molecule has 2 aliphatic heterocycles. The van der Waals surface area contributed by atoms with E-state index in [1.807, 2.05) is 11.8 Å². The predicted molar refractivity (Wildman–Crippen MR) is 83.4 cm³/mol. The molecule has 0 aromatic heterocycles. The van der Waals surface area contributed by atoms with Crippen molar-refractivity contribution in [1.82, 2.24) is 4.90 Å². The van der Waals surface area contributed by atoms with Gasteiger partial charge in [-0.2, -0.15) is 0 Å². The van der Waals surface area contributed by atoms with E-state index in [0.29, 0.717) is 13.0 Å². The molecule has 0 radical (unpaired) electrons. The summed E-state index contributed by atoms with van der Waals surface area (Å²) in [5.74, 6) is -0.646. The van der Waals surface area contributed by atoms with Crippen LogP contribution in [0.4, 0.5) is 0 Å². The SMILES string of the molecule is CC(C(=O)N1CCC([C@@H]2OCCC2C(=O)O)CC1)C(C)(C)C. The summed E-state index contributed by atoms with van der Waals surface area (Å²) in [4.78, 5) is 25.8. The number of piperidine rings is 1. The van der Waals surface area contributed by atoms with Crippen LogP contribution in [0.1, 0.15) is 47.0 Å². The van der Waals surface area contributed by atoms with Gasteiger partial charge in [0.15, 0.2) is 0 Å². The van der Waals surface area contributed by atoms with E-state index in [1.54, 1.807) is 0 Å². The molecule has 2 saturated heterocycles. The Morgan fingerprint density at radius 1 is 1.18 bits per heavy atom. The second-order valence-corrected chi connectivity index (χ2v) is 7.82. The van der Waals surface area contributed by atoms with E-state index in [1.165, 1.54) is 0 Å². The lowest BCUT2D eigenvalue weighted by Gasteiger charge is -2.38. The van der Waals surface area contributed by atoms with Gasteiger partial charge in [0.2, 0.25) is 5.91 Å². The summed E-state index contributed by atoms with van der Waals surface area (Å²) < 4.78 is 5.68. The quantitative estimate of drug-likeness (QED) is 0.869. The Morgan fingerprint density at radius 3 is 2.27 bits per heavy atom. The van der Waals surface area contributed by atoms with E-state index in [-0.39, 0.29) is 35.2 Å². The average Bonchev–Trinajstić information content (AvgIpc) is 2.94. The van der Waals surface area contributed by atoms with Gasteiger partial charge in [0.1, 0.15) is 0 Å². The number of amides is 1. The highest BCUT2D eigenvalue weighted by Crippen LogP contribution is 2.34. The highest BCUT2D eigenvalue weighted by molar-refractivity contribution is 5.79. The lowest BCUT2D eigenvalue weighted by Crippen LogP contribution is -2.46. The molecule has 2 rings (SSSR count). The van der Waals surface area contributed by atoms with Crippen molar-refractivity contribution < 1.29 is 19.4 Å². The van der Waals surface area contributed by atoms with Crippen LogP contribution in [0.2, 0.25) is 0 Å². The maximum absolute atomic E-state index is 12.5. The molecule has 3 atom stereocenters. The first-order valence-electron chi connectivity index (χ1n) is 8.35. The number of carbonyl (C=O) groups is 2. The van der Waals surface area contributed by atoms with Crippen molar-refractivity contribution in [2.24, 2.45) is 23.2 Å². The molecule has 2 unspecified atom stereocenters. The van der Waals surface area contributed by atoms with Gasteiger partial charge in [0, 0.05) is 25.6 Å². The number of nitrogens with zero attached hydrogens (tertiary/aromatic N) is 1. The van der Waals surface area contributed by atoms with Crippen molar-refractivity contribution in [3.8, 4) is 0 Å². The molecule has 0 spiro atoms. The minimum atomic E-state index is -0.748. The number of hydrogen-bond donors (Lipinski definition) is 1. The summed E-state index contributed by atoms with van der Waals surface area (Å²) in [6, 6.07) is 0. The molecule has 0 bridgehead atoms. The zero-order valence-corrected chi connectivity index (χ0v) is 14.2. The highest BCUT2D eigenvalue weighted by atomic mass is 16.5. The Morgan fingerprint density at radius 2 is 1.77 bits per heavy atom. The Balaban J connectivity index is 1.90. The first-order chi connectivity index (χ1) is 10.2. The second-order valence-electron chi connectivity index (χ2n) is 7.82. The van der Waals surface area contributed by atoms with Crippen LogP contribution in [0.15, 0.2) is 0 Å². The monoisotopic (exact) mass is 311 g/mol. The van der Waals surface area contributed by atoms with E-state index in [2.05, 4.69) is 20.8 Å². The topological polar surface area (TPSA) is 66.8 Å². The summed E-state index contributed by atoms with van der Waals surface area (Å²) in [7, 11) is 0. The fourth-order valence-corrected chi connectivity index (χ4v) is 3.43. The Kier molecular flexibility index (Phi) is 5.15. The molecule has 1 N–H and O–H groups in total. The molecular formula is C17H29NO4. The Bertz CT molecular complexity index is 421. The van der Waals surface area contributed by atoms with Gasteiger partial charge in [-0.1, -0.05) is 27.7 Å². The summed E-state index contributed by atoms with van der Waals surface area (Å²) >= 11 is 0. The number of likely N-dealkylation sites (tertiary alicyclic amines) is 1. The standard InChI is InChI=1S/C17H29NO4/c1-11(17(2,3)4)15(19)18-8-5-12(6-9-18)14-13(16(20)21)7-10-22-14/h11-14H,5-10H2,1-4H3,(H,20,21)/t11?,13?,14-/m0/s1. The number of carboxylic acid groups (broad SMARTS) is 1. The van der Waals surface area contributed by atoms with Gasteiger partial charge in [-0.25, -0.2) is 0 Å². The van der Waals surface area contributed by atoms with Crippen molar-refractivity contribution in [3.63, 3.8) is 0 Å². The predicted octanol–water partition coefficient (Wildman–Crippen LogP) is 2.40. The third-order valence-electron chi connectivity index (χ3n) is 5.44. The van der Waals surface area contributed by atoms with Crippen LogP contribution < -0.4 is 0 Å². The number of aliphatic carboxylic acids is 1. The summed E-state index contributed by atoms with van der Waals surface area (Å²) in [5.41, 5.74) is -0.0309. The van der Waals surface area contributed by atoms with Gasteiger partial charge in [0.25, 0.3) is 0 Å². The van der Waals surface area contributed by atoms with Crippen molar-refractivity contribution in [2.75, 3.05) is 19.7 Å². The third-order valence-corrected chi connectivity index (χ3v) is 5.44. The summed E-state index contributed by atoms with van der Waals surface area (Å²) in [6.07, 6.45) is 2.13. The zero-order valence-electron chi connectivity index (χ0n) is 14.2. The van der Waals surface area contributed by atoms with E-state index >= 15 is 0 Å². The first kappa shape index (κ1) is 17.3. The number of ether oxygens (including phenoxy) is 1. The Labute approximate surface area is 133 Å². The molecule has 5 nitrogen and oxygen atoms in total. The average molecular weight is 311 g/mol. The van der Waals surface area contributed by atoms with Crippen molar-refractivity contribution in [2.45, 2.75) is 53.1 Å². The Hall–Kier alpha value is -1.10. The van der Waals surface area contributed by atoms with Gasteiger partial charge in [-0.3, -0.25) is 9.59 Å². The molecule has 2 heterocycles. The van der Waals surface area contributed by atoms with Crippen molar-refractivity contribution in [3.05, 3.63) is 0 Å². The number of carboxylic acids is 1. The summed E-state index contributed by atoms with van der Waals surface area (Å²) in [6.45, 7) is 10.2. The molecule has 0 aromatic carbocycles. The van der Waals surface area contributed by atoms with Crippen LogP contribution >= 0.6 is 0 Å². The van der Waals surface area contributed by atoms with Crippen LogP contribution in [0.3, 0.4) is 0 Å². The first-order valence-corrected chi connectivity index (χ1v) is 8.35. The minimum Gasteiger partial charge on any atom is -0.481 e. The molecule has 0 aliphatic carbocycles. The number of carbonyl (C=O) groups excluding carboxylic acids is 1. The number of rotatable bonds is 3. The normalized spacial score (nSPS) is 28.6. The molecule has 0 saturated carbocycles. The molecule has 5 heteroatoms. The van der Waals surface area contributed by atoms with Crippen LogP contribution in [0.25, 0.3) is 0 Å². The summed E-state index contributed by atoms with van der Waals surface area (Å²) in [5, 5.41) is 9.27. The van der Waals surface area contributed by atoms with Crippen LogP contribution in [0, 0.1) is 23.2 Å². The van der Waals surface area contributed by atoms with Crippen molar-refractivity contribution >= 4 is 11.9 Å². The van der Waals surface area contributed by atoms with Gasteiger partial charge < -0.3 is 14.7 Å². The molecule has 126 valence electrons. The van der Waals surface area contributed by atoms with Crippen LogP contribution in [-0.2, 0) is 14.3 Å². The highest BCUT2D eigenvalue weighted by Gasteiger charge is 2.41. The zero-order chi connectivity index (χ0) is 16.5. The van der Waals surface area contributed by atoms with Gasteiger partial charge in [-0.05, 0) is 30.6 Å². The van der Waals surface area contributed by atoms with Crippen molar-refractivity contribution in [1.29, 1.82) is 0 Å². The second kappa shape index (κ2) is 6.57. The molecule has 2 fully saturated rings. The van der Waals surface area contributed by atoms with Crippen LogP contribution in [0.5, 0.6) is 0 Å². The maximum Gasteiger partial charge on any atom is 0.309 e. The number of hydrogen-bond acceptors (Lipinski definition) is 3. The fourth-order valence-electron chi connectivity index (χ4n) is 3.43. The lowest BCUT2D eigenvalue weighted by atomic mass is 9.80. The van der Waals surface area contributed by atoms with Gasteiger partial charge in [-0.15, -0.1) is 0 Å². The largest absolute Gasteiger partial charge is 0.481 e. The maximum atomic E-state index is 12.5. The molecule has 2 aliphatic rings. The van der Waals surface area contributed by atoms with Gasteiger partial charge >= 0.3 is 5.97 Å². The molecule has 22 heavy (non-hydrogen) atoms. The molecule has 1 amide bonds. The third kappa shape index (κ3) is 3.62. The van der Waals surface area contributed by atoms with E-state index in [4.69, 9.17) is 4.74 Å². The van der Waals surface area contributed by atoms with Gasteiger partial charge in [0.05, 0.1) is 12.0 Å². The lowest BCUT2D eigenvalue weighted by molar-refractivity contribution is -0.147. The molecule has 0 aromatic rings. The smallest absolute Gasteiger partial charge is 0.309 e. The van der Waals surface area contributed by atoms with E-state index < -0.39 is 5.97 Å².